The highest BCUT2D eigenvalue weighted by Gasteiger charge is 2.12. The Morgan fingerprint density at radius 2 is 1.84 bits per heavy atom. The van der Waals surface area contributed by atoms with E-state index in [1.807, 2.05) is 24.3 Å². The minimum Gasteiger partial charge on any atom is -0.378 e. The van der Waals surface area contributed by atoms with Crippen LogP contribution in [0.1, 0.15) is 23.9 Å². The van der Waals surface area contributed by atoms with E-state index in [9.17, 15) is 0 Å². The molecule has 0 unspecified atom stereocenters. The standard InChI is InChI=1S/C19H21ClN4S/c1-3-24-18(12-21-16-10-8-14(2)9-11-16)22-23-19(24)25-13-15-6-4-5-7-17(15)20/h4-11,21H,3,12-13H2,1-2H3. The third kappa shape index (κ3) is 4.55. The van der Waals surface area contributed by atoms with Gasteiger partial charge in [-0.2, -0.15) is 0 Å². The molecule has 1 N–H and O–H groups in total. The lowest BCUT2D eigenvalue weighted by Crippen LogP contribution is -2.08. The lowest BCUT2D eigenvalue weighted by molar-refractivity contribution is 0.648. The van der Waals surface area contributed by atoms with Crippen molar-refractivity contribution in [1.29, 1.82) is 0 Å². The van der Waals surface area contributed by atoms with E-state index in [1.165, 1.54) is 5.56 Å². The zero-order valence-corrected chi connectivity index (χ0v) is 15.9. The van der Waals surface area contributed by atoms with Crippen molar-refractivity contribution in [3.8, 4) is 0 Å². The molecular formula is C19H21ClN4S. The van der Waals surface area contributed by atoms with Crippen LogP contribution in [-0.4, -0.2) is 14.8 Å². The fraction of sp³-hybridized carbons (Fsp3) is 0.263. The molecule has 0 amide bonds. The van der Waals surface area contributed by atoms with Gasteiger partial charge in [0.25, 0.3) is 0 Å². The highest BCUT2D eigenvalue weighted by atomic mass is 35.5. The summed E-state index contributed by atoms with van der Waals surface area (Å²) < 4.78 is 2.14. The van der Waals surface area contributed by atoms with E-state index in [-0.39, 0.29) is 0 Å². The molecule has 4 nitrogen and oxygen atoms in total. The van der Waals surface area contributed by atoms with Gasteiger partial charge in [0.1, 0.15) is 0 Å². The van der Waals surface area contributed by atoms with Crippen molar-refractivity contribution in [2.45, 2.75) is 37.8 Å². The van der Waals surface area contributed by atoms with Crippen molar-refractivity contribution >= 4 is 29.1 Å². The Balaban J connectivity index is 1.66. The molecule has 0 saturated carbocycles. The van der Waals surface area contributed by atoms with Gasteiger partial charge in [-0.1, -0.05) is 59.3 Å². The second-order valence-electron chi connectivity index (χ2n) is 5.74. The van der Waals surface area contributed by atoms with Gasteiger partial charge in [-0.15, -0.1) is 10.2 Å². The second kappa shape index (κ2) is 8.41. The largest absolute Gasteiger partial charge is 0.378 e. The van der Waals surface area contributed by atoms with Gasteiger partial charge < -0.3 is 9.88 Å². The van der Waals surface area contributed by atoms with E-state index < -0.39 is 0 Å². The number of rotatable bonds is 7. The first kappa shape index (κ1) is 17.8. The predicted molar refractivity (Wildman–Crippen MR) is 105 cm³/mol. The molecule has 0 aliphatic carbocycles. The summed E-state index contributed by atoms with van der Waals surface area (Å²) in [7, 11) is 0. The number of hydrogen-bond donors (Lipinski definition) is 1. The number of aryl methyl sites for hydroxylation is 1. The smallest absolute Gasteiger partial charge is 0.191 e. The van der Waals surface area contributed by atoms with E-state index in [1.54, 1.807) is 11.8 Å². The van der Waals surface area contributed by atoms with E-state index in [4.69, 9.17) is 11.6 Å². The van der Waals surface area contributed by atoms with E-state index in [2.05, 4.69) is 58.2 Å². The molecule has 25 heavy (non-hydrogen) atoms. The van der Waals surface area contributed by atoms with Crippen LogP contribution in [0.5, 0.6) is 0 Å². The fourth-order valence-corrected chi connectivity index (χ4v) is 3.79. The van der Waals surface area contributed by atoms with Crippen LogP contribution in [0.15, 0.2) is 53.7 Å². The normalized spacial score (nSPS) is 10.8. The van der Waals surface area contributed by atoms with E-state index in [0.29, 0.717) is 6.54 Å². The second-order valence-corrected chi connectivity index (χ2v) is 7.09. The Morgan fingerprint density at radius 3 is 2.56 bits per heavy atom. The quantitative estimate of drug-likeness (QED) is 0.581. The first-order valence-corrected chi connectivity index (χ1v) is 9.62. The van der Waals surface area contributed by atoms with Crippen LogP contribution in [-0.2, 0) is 18.8 Å². The number of nitrogens with zero attached hydrogens (tertiary/aromatic N) is 3. The molecule has 0 bridgehead atoms. The lowest BCUT2D eigenvalue weighted by Gasteiger charge is -2.09. The first-order valence-electron chi connectivity index (χ1n) is 8.26. The molecule has 1 heterocycles. The molecule has 2 aromatic carbocycles. The van der Waals surface area contributed by atoms with Gasteiger partial charge in [0.05, 0.1) is 6.54 Å². The molecule has 0 atom stereocenters. The minimum absolute atomic E-state index is 0.649. The fourth-order valence-electron chi connectivity index (χ4n) is 2.48. The molecule has 1 aromatic heterocycles. The van der Waals surface area contributed by atoms with Crippen LogP contribution in [0.25, 0.3) is 0 Å². The molecule has 6 heteroatoms. The Labute approximate surface area is 157 Å². The molecule has 0 fully saturated rings. The van der Waals surface area contributed by atoms with Gasteiger partial charge in [0.2, 0.25) is 0 Å². The van der Waals surface area contributed by atoms with Gasteiger partial charge in [0, 0.05) is 23.0 Å². The monoisotopic (exact) mass is 372 g/mol. The summed E-state index contributed by atoms with van der Waals surface area (Å²) in [6.07, 6.45) is 0. The van der Waals surface area contributed by atoms with Crippen molar-refractivity contribution < 1.29 is 0 Å². The Kier molecular flexibility index (Phi) is 6.00. The predicted octanol–water partition coefficient (Wildman–Crippen LogP) is 5.16. The summed E-state index contributed by atoms with van der Waals surface area (Å²) >= 11 is 7.89. The number of hydrogen-bond acceptors (Lipinski definition) is 4. The van der Waals surface area contributed by atoms with Crippen molar-refractivity contribution in [1.82, 2.24) is 14.8 Å². The van der Waals surface area contributed by atoms with Crippen LogP contribution in [0.4, 0.5) is 5.69 Å². The van der Waals surface area contributed by atoms with Crippen molar-refractivity contribution in [3.05, 3.63) is 70.5 Å². The Hall–Kier alpha value is -1.98. The average Bonchev–Trinajstić information content (AvgIpc) is 3.02. The number of benzene rings is 2. The van der Waals surface area contributed by atoms with Crippen molar-refractivity contribution in [2.24, 2.45) is 0 Å². The minimum atomic E-state index is 0.649. The molecule has 0 radical (unpaired) electrons. The molecule has 3 rings (SSSR count). The van der Waals surface area contributed by atoms with Crippen molar-refractivity contribution in [3.63, 3.8) is 0 Å². The molecule has 0 aliphatic heterocycles. The number of anilines is 1. The lowest BCUT2D eigenvalue weighted by atomic mass is 10.2. The van der Waals surface area contributed by atoms with Crippen molar-refractivity contribution in [2.75, 3.05) is 5.32 Å². The number of nitrogens with one attached hydrogen (secondary N) is 1. The summed E-state index contributed by atoms with van der Waals surface area (Å²) in [4.78, 5) is 0. The van der Waals surface area contributed by atoms with Crippen LogP contribution in [0, 0.1) is 6.92 Å². The van der Waals surface area contributed by atoms with Gasteiger partial charge in [0.15, 0.2) is 11.0 Å². The average molecular weight is 373 g/mol. The summed E-state index contributed by atoms with van der Waals surface area (Å²) in [6, 6.07) is 16.3. The maximum absolute atomic E-state index is 6.23. The maximum Gasteiger partial charge on any atom is 0.191 e. The summed E-state index contributed by atoms with van der Waals surface area (Å²) in [5.74, 6) is 1.72. The van der Waals surface area contributed by atoms with Gasteiger partial charge >= 0.3 is 0 Å². The Morgan fingerprint density at radius 1 is 1.08 bits per heavy atom. The van der Waals surface area contributed by atoms with Crippen LogP contribution in [0.3, 0.4) is 0 Å². The highest BCUT2D eigenvalue weighted by Crippen LogP contribution is 2.26. The highest BCUT2D eigenvalue weighted by molar-refractivity contribution is 7.98. The first-order chi connectivity index (χ1) is 12.2. The molecule has 130 valence electrons. The van der Waals surface area contributed by atoms with Crippen LogP contribution in [0.2, 0.25) is 5.02 Å². The molecule has 0 saturated heterocycles. The van der Waals surface area contributed by atoms with E-state index >= 15 is 0 Å². The third-order valence-electron chi connectivity index (χ3n) is 3.93. The molecule has 0 spiro atoms. The third-order valence-corrected chi connectivity index (χ3v) is 5.31. The topological polar surface area (TPSA) is 42.7 Å². The van der Waals surface area contributed by atoms with Gasteiger partial charge in [-0.25, -0.2) is 0 Å². The Bertz CT molecular complexity index is 830. The maximum atomic E-state index is 6.23. The number of thioether (sulfide) groups is 1. The summed E-state index contributed by atoms with van der Waals surface area (Å²) in [5, 5.41) is 13.8. The molecular weight excluding hydrogens is 352 g/mol. The van der Waals surface area contributed by atoms with Gasteiger partial charge in [-0.3, -0.25) is 0 Å². The zero-order chi connectivity index (χ0) is 17.6. The van der Waals surface area contributed by atoms with Gasteiger partial charge in [-0.05, 0) is 37.6 Å². The number of halogens is 1. The number of aromatic nitrogens is 3. The summed E-state index contributed by atoms with van der Waals surface area (Å²) in [5.41, 5.74) is 3.45. The SMILES string of the molecule is CCn1c(CNc2ccc(C)cc2)nnc1SCc1ccccc1Cl. The molecule has 0 aliphatic rings. The molecule has 3 aromatic rings. The van der Waals surface area contributed by atoms with E-state index in [0.717, 1.165) is 39.6 Å². The van der Waals surface area contributed by atoms with Crippen LogP contribution >= 0.6 is 23.4 Å². The van der Waals surface area contributed by atoms with Crippen LogP contribution < -0.4 is 5.32 Å². The zero-order valence-electron chi connectivity index (χ0n) is 14.4. The summed E-state index contributed by atoms with van der Waals surface area (Å²) in [6.45, 7) is 5.68.